The molecule has 0 bridgehead atoms. The van der Waals surface area contributed by atoms with Crippen LogP contribution in [0.2, 0.25) is 0 Å². The van der Waals surface area contributed by atoms with Crippen molar-refractivity contribution in [1.82, 2.24) is 5.32 Å². The van der Waals surface area contributed by atoms with Crippen LogP contribution >= 0.6 is 0 Å². The van der Waals surface area contributed by atoms with Crippen molar-refractivity contribution in [2.75, 3.05) is 6.54 Å². The molecule has 0 aromatic heterocycles. The van der Waals surface area contributed by atoms with E-state index in [4.69, 9.17) is 5.11 Å². The van der Waals surface area contributed by atoms with Crippen molar-refractivity contribution >= 4 is 5.97 Å². The summed E-state index contributed by atoms with van der Waals surface area (Å²) in [4.78, 5) is 10.4. The molecule has 1 rings (SSSR count). The van der Waals surface area contributed by atoms with E-state index >= 15 is 0 Å². The molecule has 1 unspecified atom stereocenters. The first-order valence-corrected chi connectivity index (χ1v) is 5.38. The van der Waals surface area contributed by atoms with Crippen molar-refractivity contribution in [2.45, 2.75) is 19.9 Å². The van der Waals surface area contributed by atoms with Crippen LogP contribution in [0.1, 0.15) is 25.5 Å². The Morgan fingerprint density at radius 2 is 2.06 bits per heavy atom. The van der Waals surface area contributed by atoms with Crippen LogP contribution in [0, 0.1) is 5.82 Å². The smallest absolute Gasteiger partial charge is 0.328 e. The Hall–Kier alpha value is -1.68. The van der Waals surface area contributed by atoms with E-state index in [0.717, 1.165) is 11.1 Å². The fraction of sp³-hybridized carbons (Fsp3) is 0.308. The second kappa shape index (κ2) is 6.15. The maximum Gasteiger partial charge on any atom is 0.328 e. The minimum absolute atomic E-state index is 0.0488. The lowest BCUT2D eigenvalue weighted by molar-refractivity contribution is -0.131. The van der Waals surface area contributed by atoms with Gasteiger partial charge in [-0.3, -0.25) is 0 Å². The van der Waals surface area contributed by atoms with E-state index in [9.17, 15) is 9.18 Å². The van der Waals surface area contributed by atoms with Gasteiger partial charge in [0.15, 0.2) is 0 Å². The highest BCUT2D eigenvalue weighted by Crippen LogP contribution is 2.12. The molecule has 0 heterocycles. The highest BCUT2D eigenvalue weighted by atomic mass is 19.1. The van der Waals surface area contributed by atoms with E-state index in [1.54, 1.807) is 19.1 Å². The molecule has 17 heavy (non-hydrogen) atoms. The van der Waals surface area contributed by atoms with Crippen molar-refractivity contribution in [3.05, 3.63) is 47.3 Å². The van der Waals surface area contributed by atoms with E-state index in [-0.39, 0.29) is 11.9 Å². The van der Waals surface area contributed by atoms with E-state index in [1.807, 2.05) is 6.92 Å². The molecule has 1 aromatic rings. The summed E-state index contributed by atoms with van der Waals surface area (Å²) >= 11 is 0. The van der Waals surface area contributed by atoms with Gasteiger partial charge in [0.1, 0.15) is 5.82 Å². The maximum atomic E-state index is 12.7. The zero-order chi connectivity index (χ0) is 12.8. The molecule has 0 aliphatic carbocycles. The number of carbonyl (C=O) groups is 1. The van der Waals surface area contributed by atoms with E-state index in [2.05, 4.69) is 5.32 Å². The van der Waals surface area contributed by atoms with Gasteiger partial charge < -0.3 is 10.4 Å². The van der Waals surface area contributed by atoms with Crippen LogP contribution in [0.3, 0.4) is 0 Å². The van der Waals surface area contributed by atoms with Gasteiger partial charge in [-0.15, -0.1) is 0 Å². The minimum Gasteiger partial charge on any atom is -0.478 e. The molecule has 1 aromatic carbocycles. The Balaban J connectivity index is 2.52. The third-order valence-electron chi connectivity index (χ3n) is 2.43. The average Bonchev–Trinajstić information content (AvgIpc) is 2.26. The van der Waals surface area contributed by atoms with Gasteiger partial charge in [0.25, 0.3) is 0 Å². The maximum absolute atomic E-state index is 12.7. The van der Waals surface area contributed by atoms with Crippen LogP contribution in [0.4, 0.5) is 4.39 Å². The van der Waals surface area contributed by atoms with Crippen molar-refractivity contribution in [2.24, 2.45) is 0 Å². The molecule has 2 N–H and O–H groups in total. The number of nitrogens with one attached hydrogen (secondary N) is 1. The lowest BCUT2D eigenvalue weighted by Gasteiger charge is -2.14. The predicted molar refractivity (Wildman–Crippen MR) is 64.2 cm³/mol. The Kier molecular flexibility index (Phi) is 4.84. The number of carboxylic acid groups (broad SMARTS) is 1. The van der Waals surface area contributed by atoms with Crippen LogP contribution in [-0.4, -0.2) is 17.6 Å². The molecule has 92 valence electrons. The molecule has 1 atom stereocenters. The molecule has 0 amide bonds. The lowest BCUT2D eigenvalue weighted by atomic mass is 10.1. The average molecular weight is 237 g/mol. The zero-order valence-electron chi connectivity index (χ0n) is 9.90. The van der Waals surface area contributed by atoms with Gasteiger partial charge in [-0.25, -0.2) is 9.18 Å². The van der Waals surface area contributed by atoms with Crippen molar-refractivity contribution in [3.63, 3.8) is 0 Å². The minimum atomic E-state index is -0.946. The van der Waals surface area contributed by atoms with Crippen LogP contribution in [0.5, 0.6) is 0 Å². The number of carboxylic acids is 1. The van der Waals surface area contributed by atoms with Gasteiger partial charge in [-0.05, 0) is 31.5 Å². The second-order valence-corrected chi connectivity index (χ2v) is 3.98. The number of halogens is 1. The second-order valence-electron chi connectivity index (χ2n) is 3.98. The van der Waals surface area contributed by atoms with Crippen LogP contribution in [0.25, 0.3) is 0 Å². The Morgan fingerprint density at radius 1 is 1.47 bits per heavy atom. The van der Waals surface area contributed by atoms with Crippen LogP contribution in [-0.2, 0) is 4.79 Å². The summed E-state index contributed by atoms with van der Waals surface area (Å²) in [5.41, 5.74) is 1.71. The summed E-state index contributed by atoms with van der Waals surface area (Å²) in [5, 5.41) is 11.7. The topological polar surface area (TPSA) is 49.3 Å². The number of hydrogen-bond donors (Lipinski definition) is 2. The normalized spacial score (nSPS) is 13.5. The van der Waals surface area contributed by atoms with Gasteiger partial charge in [0.2, 0.25) is 0 Å². The van der Waals surface area contributed by atoms with Gasteiger partial charge in [-0.1, -0.05) is 17.7 Å². The Bertz CT molecular complexity index is 412. The molecular formula is C13H16FNO2. The largest absolute Gasteiger partial charge is 0.478 e. The molecular weight excluding hydrogens is 221 g/mol. The summed E-state index contributed by atoms with van der Waals surface area (Å²) in [6.07, 6.45) is 1.17. The molecule has 4 heteroatoms. The fourth-order valence-corrected chi connectivity index (χ4v) is 1.45. The monoisotopic (exact) mass is 237 g/mol. The molecule has 0 fully saturated rings. The van der Waals surface area contributed by atoms with E-state index in [1.165, 1.54) is 18.2 Å². The standard InChI is InChI=1S/C13H16FNO2/c1-9(7-13(16)17)8-15-10(2)11-3-5-12(14)6-4-11/h3-7,10,15H,8H2,1-2H3,(H,16,17)/b9-7+. The highest BCUT2D eigenvalue weighted by molar-refractivity contribution is 5.80. The summed E-state index contributed by atoms with van der Waals surface area (Å²) in [5.74, 6) is -1.21. The van der Waals surface area contributed by atoms with Gasteiger partial charge in [-0.2, -0.15) is 0 Å². The first-order chi connectivity index (χ1) is 7.99. The van der Waals surface area contributed by atoms with Gasteiger partial charge in [0.05, 0.1) is 0 Å². The van der Waals surface area contributed by atoms with E-state index < -0.39 is 5.97 Å². The van der Waals surface area contributed by atoms with Crippen LogP contribution < -0.4 is 5.32 Å². The fourth-order valence-electron chi connectivity index (χ4n) is 1.45. The lowest BCUT2D eigenvalue weighted by Crippen LogP contribution is -2.20. The van der Waals surface area contributed by atoms with Crippen molar-refractivity contribution < 1.29 is 14.3 Å². The third-order valence-corrected chi connectivity index (χ3v) is 2.43. The van der Waals surface area contributed by atoms with Crippen molar-refractivity contribution in [3.8, 4) is 0 Å². The summed E-state index contributed by atoms with van der Waals surface area (Å²) in [6.45, 7) is 4.19. The summed E-state index contributed by atoms with van der Waals surface area (Å²) in [7, 11) is 0. The zero-order valence-corrected chi connectivity index (χ0v) is 9.90. The Labute approximate surface area is 100.0 Å². The predicted octanol–water partition coefficient (Wildman–Crippen LogP) is 2.51. The number of hydrogen-bond acceptors (Lipinski definition) is 2. The van der Waals surface area contributed by atoms with Crippen molar-refractivity contribution in [1.29, 1.82) is 0 Å². The number of benzene rings is 1. The van der Waals surface area contributed by atoms with Gasteiger partial charge in [0, 0.05) is 18.7 Å². The molecule has 3 nitrogen and oxygen atoms in total. The van der Waals surface area contributed by atoms with Gasteiger partial charge >= 0.3 is 5.97 Å². The number of aliphatic carboxylic acids is 1. The number of rotatable bonds is 5. The van der Waals surface area contributed by atoms with E-state index in [0.29, 0.717) is 6.54 Å². The first kappa shape index (κ1) is 13.4. The molecule has 0 spiro atoms. The molecule has 0 saturated carbocycles. The highest BCUT2D eigenvalue weighted by Gasteiger charge is 2.04. The quantitative estimate of drug-likeness (QED) is 0.773. The molecule has 0 aliphatic heterocycles. The SMILES string of the molecule is C/C(=C\C(=O)O)CNC(C)c1ccc(F)cc1. The first-order valence-electron chi connectivity index (χ1n) is 5.38. The summed E-state index contributed by atoms with van der Waals surface area (Å²) in [6, 6.07) is 6.29. The third kappa shape index (κ3) is 4.78. The van der Waals surface area contributed by atoms with Crippen LogP contribution in [0.15, 0.2) is 35.9 Å². The molecule has 0 radical (unpaired) electrons. The molecule has 0 aliphatic rings. The summed E-state index contributed by atoms with van der Waals surface area (Å²) < 4.78 is 12.7. The molecule has 0 saturated heterocycles. The Morgan fingerprint density at radius 3 is 2.59 bits per heavy atom.